The molecule has 5 aromatic rings. The molecule has 44 heavy (non-hydrogen) atoms. The first-order chi connectivity index (χ1) is 21.4. The van der Waals surface area contributed by atoms with E-state index in [9.17, 15) is 13.9 Å². The molecule has 0 saturated carbocycles. The normalized spacial score (nSPS) is 10.8. The highest BCUT2D eigenvalue weighted by atomic mass is 19.2. The van der Waals surface area contributed by atoms with Gasteiger partial charge in [-0.25, -0.2) is 23.7 Å². The van der Waals surface area contributed by atoms with Crippen LogP contribution in [0.4, 0.5) is 8.78 Å². The molecule has 7 nitrogen and oxygen atoms in total. The lowest BCUT2D eigenvalue weighted by atomic mass is 10.1. The Labute approximate surface area is 252 Å². The van der Waals surface area contributed by atoms with E-state index >= 15 is 0 Å². The summed E-state index contributed by atoms with van der Waals surface area (Å²) in [7, 11) is 0. The number of nitrogens with zero attached hydrogens (tertiary/aromatic N) is 6. The van der Waals surface area contributed by atoms with Crippen molar-refractivity contribution in [3.63, 3.8) is 0 Å². The van der Waals surface area contributed by atoms with Crippen molar-refractivity contribution in [2.24, 2.45) is 0 Å². The number of aromatic hydroxyl groups is 1. The number of fused-ring (bicyclic) bond motifs is 1. The van der Waals surface area contributed by atoms with E-state index in [2.05, 4.69) is 73.7 Å². The lowest BCUT2D eigenvalue weighted by Crippen LogP contribution is -2.05. The molecule has 0 saturated heterocycles. The predicted octanol–water partition coefficient (Wildman–Crippen LogP) is 7.60. The molecule has 0 aliphatic carbocycles. The molecule has 1 N–H and O–H groups in total. The minimum atomic E-state index is -0.991. The summed E-state index contributed by atoms with van der Waals surface area (Å²) in [4.78, 5) is 12.8. The summed E-state index contributed by atoms with van der Waals surface area (Å²) in [5.74, 6) is -1.33. The Bertz CT molecular complexity index is 1940. The quantitative estimate of drug-likeness (QED) is 0.224. The van der Waals surface area contributed by atoms with Crippen LogP contribution < -0.4 is 0 Å². The van der Waals surface area contributed by atoms with Gasteiger partial charge in [0.15, 0.2) is 23.3 Å². The molecule has 0 unspecified atom stereocenters. The molecule has 0 atom stereocenters. The zero-order valence-corrected chi connectivity index (χ0v) is 23.6. The topological polar surface area (TPSA) is 89.6 Å². The van der Waals surface area contributed by atoms with Crippen molar-refractivity contribution in [2.45, 2.75) is 13.5 Å². The first kappa shape index (κ1) is 28.3. The molecule has 3 heterocycles. The Balaban J connectivity index is 0.000000238. The fraction of sp³-hybridized carbons (Fsp3) is 0.0571. The number of rotatable bonds is 5. The van der Waals surface area contributed by atoms with Crippen LogP contribution in [0.15, 0.2) is 122 Å². The van der Waals surface area contributed by atoms with Crippen molar-refractivity contribution in [3.8, 4) is 51.0 Å². The molecule has 4 aromatic carbocycles. The van der Waals surface area contributed by atoms with Gasteiger partial charge in [-0.3, -0.25) is 0 Å². The monoisotopic (exact) mass is 584 g/mol. The van der Waals surface area contributed by atoms with Crippen LogP contribution >= 0.6 is 0 Å². The molecular formula is C35H26F2N6O. The number of hydrogen-bond donors (Lipinski definition) is 1. The molecule has 2 aliphatic heterocycles. The Hall–Kier alpha value is -5.83. The van der Waals surface area contributed by atoms with Crippen molar-refractivity contribution in [1.29, 1.82) is 0 Å². The molecule has 216 valence electrons. The Kier molecular flexibility index (Phi) is 8.09. The highest BCUT2D eigenvalue weighted by molar-refractivity contribution is 5.65. The van der Waals surface area contributed by atoms with Gasteiger partial charge in [0, 0.05) is 11.8 Å². The molecule has 9 heteroatoms. The first-order valence-corrected chi connectivity index (χ1v) is 13.8. The third-order valence-electron chi connectivity index (χ3n) is 6.91. The lowest BCUT2D eigenvalue weighted by molar-refractivity contribution is 0.475. The molecule has 0 spiro atoms. The number of benzene rings is 4. The van der Waals surface area contributed by atoms with Gasteiger partial charge in [-0.05, 0) is 66.1 Å². The zero-order chi connectivity index (χ0) is 30.5. The van der Waals surface area contributed by atoms with E-state index in [1.807, 2.05) is 31.2 Å². The van der Waals surface area contributed by atoms with E-state index in [-0.39, 0.29) is 17.1 Å². The smallest absolute Gasteiger partial charge is 0.183 e. The summed E-state index contributed by atoms with van der Waals surface area (Å²) >= 11 is 0. The maximum atomic E-state index is 14.1. The van der Waals surface area contributed by atoms with Crippen LogP contribution in [0, 0.1) is 18.6 Å². The third kappa shape index (κ3) is 6.32. The minimum Gasteiger partial charge on any atom is -0.508 e. The molecule has 0 radical (unpaired) electrons. The summed E-state index contributed by atoms with van der Waals surface area (Å²) in [6.07, 6.45) is 3.29. The average Bonchev–Trinajstić information content (AvgIpc) is 3.47. The standard InChI is InChI=1S/C23H16F2N6O.C12H10/c1-13-9-15(32)6-7-16(13)19-8-5-14(29-30-19)10-31-11-20-23(26-12-31)28-22(27-20)17-3-2-4-18(24)21(17)25;1-3-7-11(8-4-1)12-9-5-2-6-10-12/h2-9,11-12,32H,10H2,1H3;1-10H. The van der Waals surface area contributed by atoms with Gasteiger partial charge in [0.2, 0.25) is 0 Å². The van der Waals surface area contributed by atoms with Crippen LogP contribution in [0.5, 0.6) is 5.75 Å². The third-order valence-corrected chi connectivity index (χ3v) is 6.91. The number of phenolic OH excluding ortho intramolecular Hbond substituents is 1. The van der Waals surface area contributed by atoms with Crippen molar-refractivity contribution >= 4 is 0 Å². The van der Waals surface area contributed by atoms with E-state index in [0.29, 0.717) is 29.5 Å². The summed E-state index contributed by atoms with van der Waals surface area (Å²) in [5.41, 5.74) is 6.19. The van der Waals surface area contributed by atoms with Gasteiger partial charge in [0.25, 0.3) is 0 Å². The van der Waals surface area contributed by atoms with E-state index in [1.54, 1.807) is 35.3 Å². The van der Waals surface area contributed by atoms with Crippen LogP contribution in [0.25, 0.3) is 45.3 Å². The first-order valence-electron chi connectivity index (χ1n) is 13.8. The molecule has 7 rings (SSSR count). The minimum absolute atomic E-state index is 0.0134. The van der Waals surface area contributed by atoms with Crippen LogP contribution in [-0.2, 0) is 6.54 Å². The largest absolute Gasteiger partial charge is 0.508 e. The predicted molar refractivity (Wildman–Crippen MR) is 165 cm³/mol. The highest BCUT2D eigenvalue weighted by Gasteiger charge is 2.18. The second kappa shape index (κ2) is 12.6. The Morgan fingerprint density at radius 2 is 1.41 bits per heavy atom. The molecule has 1 aromatic heterocycles. The van der Waals surface area contributed by atoms with Gasteiger partial charge in [0.05, 0.1) is 29.8 Å². The fourth-order valence-corrected chi connectivity index (χ4v) is 4.70. The van der Waals surface area contributed by atoms with Gasteiger partial charge in [-0.1, -0.05) is 66.7 Å². The summed E-state index contributed by atoms with van der Waals surface area (Å²) < 4.78 is 29.4. The van der Waals surface area contributed by atoms with Crippen LogP contribution in [-0.4, -0.2) is 34.8 Å². The number of hydrogen-bond acceptors (Lipinski definition) is 6. The maximum Gasteiger partial charge on any atom is 0.183 e. The lowest BCUT2D eigenvalue weighted by Gasteiger charge is -2.08. The van der Waals surface area contributed by atoms with E-state index in [4.69, 9.17) is 0 Å². The van der Waals surface area contributed by atoms with Crippen molar-refractivity contribution in [3.05, 3.63) is 145 Å². The maximum absolute atomic E-state index is 14.1. The van der Waals surface area contributed by atoms with E-state index in [1.165, 1.54) is 23.3 Å². The number of imidazole rings is 1. The average molecular weight is 585 g/mol. The van der Waals surface area contributed by atoms with Crippen molar-refractivity contribution < 1.29 is 13.9 Å². The van der Waals surface area contributed by atoms with Gasteiger partial charge < -0.3 is 9.67 Å². The number of aryl methyl sites for hydroxylation is 1. The van der Waals surface area contributed by atoms with Gasteiger partial charge >= 0.3 is 0 Å². The van der Waals surface area contributed by atoms with Crippen LogP contribution in [0.2, 0.25) is 0 Å². The van der Waals surface area contributed by atoms with E-state index < -0.39 is 11.6 Å². The highest BCUT2D eigenvalue weighted by Crippen LogP contribution is 2.27. The molecule has 0 fully saturated rings. The number of phenols is 1. The van der Waals surface area contributed by atoms with Crippen molar-refractivity contribution in [2.75, 3.05) is 0 Å². The van der Waals surface area contributed by atoms with Gasteiger partial charge in [-0.2, -0.15) is 10.2 Å². The summed E-state index contributed by atoms with van der Waals surface area (Å²) in [6.45, 7) is 2.29. The van der Waals surface area contributed by atoms with Crippen molar-refractivity contribution in [1.82, 2.24) is 29.7 Å². The summed E-state index contributed by atoms with van der Waals surface area (Å²) in [5, 5.41) is 18.1. The Morgan fingerprint density at radius 3 is 2.07 bits per heavy atom. The molecule has 2 aliphatic rings. The second-order valence-corrected chi connectivity index (χ2v) is 10.0. The number of halogens is 2. The van der Waals surface area contributed by atoms with Gasteiger partial charge in [-0.15, -0.1) is 0 Å². The van der Waals surface area contributed by atoms with Crippen LogP contribution in [0.3, 0.4) is 0 Å². The number of aromatic nitrogens is 6. The van der Waals surface area contributed by atoms with E-state index in [0.717, 1.165) is 17.2 Å². The second-order valence-electron chi connectivity index (χ2n) is 10.0. The SMILES string of the molecule is Cc1cc(O)ccc1-c1ccc(Cn2cnc3nc(-c4cccc(F)c4F)nc-3c2)nn1.c1ccc(-c2ccccc2)cc1. The van der Waals surface area contributed by atoms with Gasteiger partial charge in [0.1, 0.15) is 11.4 Å². The zero-order valence-electron chi connectivity index (χ0n) is 23.6. The summed E-state index contributed by atoms with van der Waals surface area (Å²) in [6, 6.07) is 33.5. The molecular weight excluding hydrogens is 558 g/mol. The molecule has 0 amide bonds. The van der Waals surface area contributed by atoms with Crippen LogP contribution in [0.1, 0.15) is 11.3 Å². The molecule has 0 bridgehead atoms. The fourth-order valence-electron chi connectivity index (χ4n) is 4.70. The Morgan fingerprint density at radius 1 is 0.682 bits per heavy atom.